The van der Waals surface area contributed by atoms with Crippen LogP contribution in [-0.2, 0) is 11.2 Å². The number of ether oxygens (including phenoxy) is 1. The molecular formula is C14H20O2. The minimum Gasteiger partial charge on any atom is -0.496 e. The molecule has 2 nitrogen and oxygen atoms in total. The summed E-state index contributed by atoms with van der Waals surface area (Å²) in [7, 11) is 1.66. The lowest BCUT2D eigenvalue weighted by Gasteiger charge is -2.26. The van der Waals surface area contributed by atoms with E-state index in [1.165, 1.54) is 0 Å². The molecule has 0 amide bonds. The molecule has 0 aromatic heterocycles. The van der Waals surface area contributed by atoms with Crippen LogP contribution in [0.5, 0.6) is 5.75 Å². The SMILES string of the molecule is COc1ccccc1CC(C=O)C(C)(C)C. The molecule has 88 valence electrons. The Balaban J connectivity index is 2.90. The number of methoxy groups -OCH3 is 1. The summed E-state index contributed by atoms with van der Waals surface area (Å²) in [5, 5.41) is 0. The van der Waals surface area contributed by atoms with E-state index >= 15 is 0 Å². The predicted octanol–water partition coefficient (Wildman–Crippen LogP) is 3.10. The molecule has 1 unspecified atom stereocenters. The molecule has 1 aromatic rings. The standard InChI is InChI=1S/C14H20O2/c1-14(2,3)12(10-15)9-11-7-5-6-8-13(11)16-4/h5-8,10,12H,9H2,1-4H3. The molecule has 1 rings (SSSR count). The van der Waals surface area contributed by atoms with Crippen molar-refractivity contribution in [1.82, 2.24) is 0 Å². The normalized spacial score (nSPS) is 13.2. The summed E-state index contributed by atoms with van der Waals surface area (Å²) in [6.45, 7) is 6.25. The van der Waals surface area contributed by atoms with Gasteiger partial charge in [-0.1, -0.05) is 39.0 Å². The molecule has 0 N–H and O–H groups in total. The summed E-state index contributed by atoms with van der Waals surface area (Å²) in [5.74, 6) is 0.877. The molecule has 0 fully saturated rings. The summed E-state index contributed by atoms with van der Waals surface area (Å²) in [5.41, 5.74) is 1.08. The van der Waals surface area contributed by atoms with Crippen molar-refractivity contribution >= 4 is 6.29 Å². The third kappa shape index (κ3) is 3.09. The van der Waals surface area contributed by atoms with Crippen molar-refractivity contribution in [1.29, 1.82) is 0 Å². The van der Waals surface area contributed by atoms with E-state index in [4.69, 9.17) is 4.74 Å². The third-order valence-electron chi connectivity index (χ3n) is 2.91. The summed E-state index contributed by atoms with van der Waals surface area (Å²) in [6.07, 6.45) is 1.78. The number of benzene rings is 1. The van der Waals surface area contributed by atoms with E-state index in [0.717, 1.165) is 24.0 Å². The van der Waals surface area contributed by atoms with E-state index in [2.05, 4.69) is 20.8 Å². The second-order valence-electron chi connectivity index (χ2n) is 5.12. The largest absolute Gasteiger partial charge is 0.496 e. The Morgan fingerprint density at radius 1 is 1.31 bits per heavy atom. The highest BCUT2D eigenvalue weighted by Gasteiger charge is 2.25. The minimum atomic E-state index is -0.0113. The van der Waals surface area contributed by atoms with Crippen molar-refractivity contribution < 1.29 is 9.53 Å². The fraction of sp³-hybridized carbons (Fsp3) is 0.500. The van der Waals surface area contributed by atoms with Crippen LogP contribution in [0.3, 0.4) is 0 Å². The molecular weight excluding hydrogens is 200 g/mol. The van der Waals surface area contributed by atoms with Crippen LogP contribution in [0.2, 0.25) is 0 Å². The van der Waals surface area contributed by atoms with Gasteiger partial charge in [0.15, 0.2) is 0 Å². The van der Waals surface area contributed by atoms with Gasteiger partial charge < -0.3 is 9.53 Å². The van der Waals surface area contributed by atoms with Crippen molar-refractivity contribution in [2.45, 2.75) is 27.2 Å². The maximum Gasteiger partial charge on any atom is 0.123 e. The number of rotatable bonds is 4. The maximum absolute atomic E-state index is 11.1. The van der Waals surface area contributed by atoms with Crippen LogP contribution in [0.15, 0.2) is 24.3 Å². The zero-order valence-electron chi connectivity index (χ0n) is 10.5. The summed E-state index contributed by atoms with van der Waals surface area (Å²) in [4.78, 5) is 11.1. The molecule has 0 radical (unpaired) electrons. The van der Waals surface area contributed by atoms with Crippen molar-refractivity contribution in [3.05, 3.63) is 29.8 Å². The number of hydrogen-bond acceptors (Lipinski definition) is 2. The molecule has 0 saturated carbocycles. The van der Waals surface area contributed by atoms with Crippen LogP contribution in [0, 0.1) is 11.3 Å². The van der Waals surface area contributed by atoms with E-state index < -0.39 is 0 Å². The van der Waals surface area contributed by atoms with E-state index in [9.17, 15) is 4.79 Å². The van der Waals surface area contributed by atoms with E-state index in [1.54, 1.807) is 7.11 Å². The fourth-order valence-electron chi connectivity index (χ4n) is 1.67. The Kier molecular flexibility index (Phi) is 4.11. The van der Waals surface area contributed by atoms with Crippen LogP contribution in [-0.4, -0.2) is 13.4 Å². The lowest BCUT2D eigenvalue weighted by molar-refractivity contribution is -0.113. The summed E-state index contributed by atoms with van der Waals surface area (Å²) >= 11 is 0. The topological polar surface area (TPSA) is 26.3 Å². The summed E-state index contributed by atoms with van der Waals surface area (Å²) in [6, 6.07) is 7.86. The Morgan fingerprint density at radius 2 is 1.94 bits per heavy atom. The Morgan fingerprint density at radius 3 is 2.44 bits per heavy atom. The second kappa shape index (κ2) is 5.15. The van der Waals surface area contributed by atoms with Crippen molar-refractivity contribution in [3.63, 3.8) is 0 Å². The van der Waals surface area contributed by atoms with Crippen LogP contribution in [0.4, 0.5) is 0 Å². The van der Waals surface area contributed by atoms with Crippen LogP contribution in [0.25, 0.3) is 0 Å². The maximum atomic E-state index is 11.1. The number of hydrogen-bond donors (Lipinski definition) is 0. The van der Waals surface area contributed by atoms with Crippen molar-refractivity contribution in [2.75, 3.05) is 7.11 Å². The molecule has 0 aliphatic carbocycles. The number of aldehydes is 1. The van der Waals surface area contributed by atoms with Gasteiger partial charge in [-0.25, -0.2) is 0 Å². The second-order valence-corrected chi connectivity index (χ2v) is 5.12. The molecule has 0 bridgehead atoms. The van der Waals surface area contributed by atoms with Gasteiger partial charge in [0.1, 0.15) is 12.0 Å². The average Bonchev–Trinajstić information content (AvgIpc) is 2.24. The quantitative estimate of drug-likeness (QED) is 0.729. The molecule has 0 saturated heterocycles. The van der Waals surface area contributed by atoms with E-state index in [0.29, 0.717) is 0 Å². The van der Waals surface area contributed by atoms with Crippen LogP contribution < -0.4 is 4.74 Å². The highest BCUT2D eigenvalue weighted by Crippen LogP contribution is 2.30. The first-order valence-electron chi connectivity index (χ1n) is 5.56. The minimum absolute atomic E-state index is 0.0113. The van der Waals surface area contributed by atoms with Gasteiger partial charge in [-0.2, -0.15) is 0 Å². The molecule has 16 heavy (non-hydrogen) atoms. The summed E-state index contributed by atoms with van der Waals surface area (Å²) < 4.78 is 5.29. The van der Waals surface area contributed by atoms with Crippen LogP contribution in [0.1, 0.15) is 26.3 Å². The lowest BCUT2D eigenvalue weighted by Crippen LogP contribution is -2.24. The Labute approximate surface area is 97.6 Å². The highest BCUT2D eigenvalue weighted by atomic mass is 16.5. The van der Waals surface area contributed by atoms with Gasteiger partial charge in [0.2, 0.25) is 0 Å². The first-order valence-corrected chi connectivity index (χ1v) is 5.56. The highest BCUT2D eigenvalue weighted by molar-refractivity contribution is 5.56. The first-order chi connectivity index (χ1) is 7.49. The first kappa shape index (κ1) is 12.8. The lowest BCUT2D eigenvalue weighted by atomic mass is 9.78. The van der Waals surface area contributed by atoms with Crippen LogP contribution >= 0.6 is 0 Å². The molecule has 0 aliphatic heterocycles. The number of para-hydroxylation sites is 1. The van der Waals surface area contributed by atoms with Crippen molar-refractivity contribution in [2.24, 2.45) is 11.3 Å². The average molecular weight is 220 g/mol. The predicted molar refractivity (Wildman–Crippen MR) is 65.7 cm³/mol. The van der Waals surface area contributed by atoms with Gasteiger partial charge in [-0.15, -0.1) is 0 Å². The monoisotopic (exact) mass is 220 g/mol. The van der Waals surface area contributed by atoms with Gasteiger partial charge in [0.25, 0.3) is 0 Å². The molecule has 0 spiro atoms. The Bertz CT molecular complexity index is 350. The third-order valence-corrected chi connectivity index (χ3v) is 2.91. The van der Waals surface area contributed by atoms with E-state index in [-0.39, 0.29) is 11.3 Å². The van der Waals surface area contributed by atoms with Gasteiger partial charge in [0, 0.05) is 5.92 Å². The van der Waals surface area contributed by atoms with Gasteiger partial charge in [-0.05, 0) is 23.5 Å². The number of carbonyl (C=O) groups is 1. The smallest absolute Gasteiger partial charge is 0.123 e. The van der Waals surface area contributed by atoms with Gasteiger partial charge in [0.05, 0.1) is 7.11 Å². The van der Waals surface area contributed by atoms with Gasteiger partial charge in [-0.3, -0.25) is 0 Å². The Hall–Kier alpha value is -1.31. The zero-order chi connectivity index (χ0) is 12.2. The molecule has 2 heteroatoms. The van der Waals surface area contributed by atoms with Gasteiger partial charge >= 0.3 is 0 Å². The van der Waals surface area contributed by atoms with E-state index in [1.807, 2.05) is 24.3 Å². The molecule has 0 aliphatic rings. The molecule has 0 heterocycles. The fourth-order valence-corrected chi connectivity index (χ4v) is 1.67. The van der Waals surface area contributed by atoms with Crippen molar-refractivity contribution in [3.8, 4) is 5.75 Å². The number of carbonyl (C=O) groups excluding carboxylic acids is 1. The molecule has 1 atom stereocenters. The molecule has 1 aromatic carbocycles. The zero-order valence-corrected chi connectivity index (χ0v) is 10.5.